The number of carbonyl (C=O) groups excluding carboxylic acids is 1. The van der Waals surface area contributed by atoms with Crippen molar-refractivity contribution in [2.24, 2.45) is 0 Å². The molecular weight excluding hydrogens is 366 g/mol. The van der Waals surface area contributed by atoms with Gasteiger partial charge in [0.2, 0.25) is 0 Å². The largest absolute Gasteiger partial charge is 0.480 e. The second-order valence-electron chi connectivity index (χ2n) is 7.67. The van der Waals surface area contributed by atoms with Gasteiger partial charge in [0.15, 0.2) is 0 Å². The predicted molar refractivity (Wildman–Crippen MR) is 114 cm³/mol. The van der Waals surface area contributed by atoms with Gasteiger partial charge in [-0.25, -0.2) is 4.79 Å². The number of likely N-dealkylation sites (N-methyl/N-ethyl adjacent to an activating group) is 1. The summed E-state index contributed by atoms with van der Waals surface area (Å²) < 4.78 is 0. The van der Waals surface area contributed by atoms with Crippen LogP contribution >= 0.6 is 0 Å². The van der Waals surface area contributed by atoms with Crippen LogP contribution in [0.4, 0.5) is 4.79 Å². The number of carboxylic acid groups (broad SMARTS) is 1. The molecule has 154 valence electrons. The first kappa shape index (κ1) is 20.9. The van der Waals surface area contributed by atoms with Gasteiger partial charge in [-0.15, -0.1) is 0 Å². The lowest BCUT2D eigenvalue weighted by Crippen LogP contribution is -2.56. The first-order valence-corrected chi connectivity index (χ1v) is 10.1. The molecule has 1 fully saturated rings. The number of carbonyl (C=O) groups is 2. The van der Waals surface area contributed by atoms with E-state index in [9.17, 15) is 9.59 Å². The number of hydrogen-bond donors (Lipinski definition) is 3. The first-order valence-electron chi connectivity index (χ1n) is 10.1. The second kappa shape index (κ2) is 9.56. The van der Waals surface area contributed by atoms with E-state index < -0.39 is 5.97 Å². The summed E-state index contributed by atoms with van der Waals surface area (Å²) in [5.41, 5.74) is 4.62. The molecule has 1 aliphatic rings. The fraction of sp³-hybridized carbons (Fsp3) is 0.391. The highest BCUT2D eigenvalue weighted by Gasteiger charge is 2.34. The first-order chi connectivity index (χ1) is 13.9. The summed E-state index contributed by atoms with van der Waals surface area (Å²) in [6.07, 6.45) is 1.58. The van der Waals surface area contributed by atoms with Crippen LogP contribution in [0, 0.1) is 6.92 Å². The number of urea groups is 1. The van der Waals surface area contributed by atoms with E-state index in [-0.39, 0.29) is 24.7 Å². The Morgan fingerprint density at radius 1 is 1.10 bits per heavy atom. The van der Waals surface area contributed by atoms with Crippen LogP contribution in [0.25, 0.3) is 11.1 Å². The minimum atomic E-state index is -0.811. The minimum absolute atomic E-state index is 0.0542. The Labute approximate surface area is 171 Å². The summed E-state index contributed by atoms with van der Waals surface area (Å²) in [4.78, 5) is 25.0. The van der Waals surface area contributed by atoms with Gasteiger partial charge in [-0.3, -0.25) is 9.69 Å². The normalized spacial score (nSPS) is 18.2. The van der Waals surface area contributed by atoms with Crippen molar-refractivity contribution in [2.45, 2.75) is 45.3 Å². The van der Waals surface area contributed by atoms with Gasteiger partial charge in [-0.05, 0) is 43.0 Å². The van der Waals surface area contributed by atoms with Gasteiger partial charge in [0.1, 0.15) is 0 Å². The van der Waals surface area contributed by atoms with E-state index in [4.69, 9.17) is 5.11 Å². The summed E-state index contributed by atoms with van der Waals surface area (Å²) in [6, 6.07) is 16.7. The molecule has 3 N–H and O–H groups in total. The molecule has 2 amide bonds. The van der Waals surface area contributed by atoms with Crippen molar-refractivity contribution in [3.8, 4) is 11.1 Å². The van der Waals surface area contributed by atoms with Crippen molar-refractivity contribution in [3.05, 3.63) is 59.7 Å². The lowest BCUT2D eigenvalue weighted by Gasteiger charge is -2.42. The number of hydrogen-bond acceptors (Lipinski definition) is 3. The van der Waals surface area contributed by atoms with E-state index in [2.05, 4.69) is 54.0 Å². The van der Waals surface area contributed by atoms with Crippen molar-refractivity contribution < 1.29 is 14.7 Å². The van der Waals surface area contributed by atoms with Gasteiger partial charge in [-0.2, -0.15) is 0 Å². The van der Waals surface area contributed by atoms with E-state index >= 15 is 0 Å². The van der Waals surface area contributed by atoms with Crippen molar-refractivity contribution >= 4 is 12.0 Å². The van der Waals surface area contributed by atoms with Crippen molar-refractivity contribution in [1.29, 1.82) is 0 Å². The third kappa shape index (κ3) is 5.81. The Bertz CT molecular complexity index is 845. The molecule has 0 spiro atoms. The summed E-state index contributed by atoms with van der Waals surface area (Å²) in [5.74, 6) is -0.811. The molecule has 3 rings (SSSR count). The van der Waals surface area contributed by atoms with E-state index in [1.165, 1.54) is 11.1 Å². The van der Waals surface area contributed by atoms with Crippen molar-refractivity contribution in [3.63, 3.8) is 0 Å². The molecule has 2 aromatic rings. The van der Waals surface area contributed by atoms with Crippen molar-refractivity contribution in [1.82, 2.24) is 15.5 Å². The number of amides is 2. The maximum absolute atomic E-state index is 12.1. The summed E-state index contributed by atoms with van der Waals surface area (Å²) in [6.45, 7) is 5.26. The molecule has 29 heavy (non-hydrogen) atoms. The highest BCUT2D eigenvalue weighted by molar-refractivity contribution is 5.74. The molecular formula is C23H29N3O3. The molecule has 1 saturated carbocycles. The van der Waals surface area contributed by atoms with Crippen LogP contribution < -0.4 is 10.6 Å². The standard InChI is InChI=1S/C23H29N3O3/c1-3-26(15-22(27)28)21-12-20(13-21)25-23(29)24-14-17-7-9-18(10-8-17)19-6-4-5-16(2)11-19/h4-11,20-21H,3,12-15H2,1-2H3,(H,27,28)(H2,24,25,29). The van der Waals surface area contributed by atoms with Gasteiger partial charge in [0, 0.05) is 18.6 Å². The SMILES string of the molecule is CCN(CC(=O)O)C1CC(NC(=O)NCc2ccc(-c3cccc(C)c3)cc2)C1. The molecule has 0 radical (unpaired) electrons. The lowest BCUT2D eigenvalue weighted by atomic mass is 9.85. The molecule has 0 bridgehead atoms. The molecule has 0 atom stereocenters. The Balaban J connectivity index is 1.42. The molecule has 2 aromatic carbocycles. The van der Waals surface area contributed by atoms with Gasteiger partial charge in [0.05, 0.1) is 6.54 Å². The Hall–Kier alpha value is -2.86. The van der Waals surface area contributed by atoms with Gasteiger partial charge in [-0.1, -0.05) is 61.0 Å². The van der Waals surface area contributed by atoms with E-state index in [0.717, 1.165) is 24.0 Å². The number of rotatable bonds is 8. The smallest absolute Gasteiger partial charge is 0.317 e. The number of aliphatic carboxylic acids is 1. The second-order valence-corrected chi connectivity index (χ2v) is 7.67. The predicted octanol–water partition coefficient (Wildman–Crippen LogP) is 3.40. The molecule has 0 aromatic heterocycles. The topological polar surface area (TPSA) is 81.7 Å². The van der Waals surface area contributed by atoms with Gasteiger partial charge in [0.25, 0.3) is 0 Å². The average Bonchev–Trinajstić information content (AvgIpc) is 2.67. The van der Waals surface area contributed by atoms with Crippen LogP contribution in [0.15, 0.2) is 48.5 Å². The summed E-state index contributed by atoms with van der Waals surface area (Å²) >= 11 is 0. The minimum Gasteiger partial charge on any atom is -0.480 e. The zero-order valence-electron chi connectivity index (χ0n) is 17.0. The highest BCUT2D eigenvalue weighted by atomic mass is 16.4. The lowest BCUT2D eigenvalue weighted by molar-refractivity contribution is -0.139. The third-order valence-corrected chi connectivity index (χ3v) is 5.47. The Morgan fingerprint density at radius 3 is 2.45 bits per heavy atom. The van der Waals surface area contributed by atoms with E-state index in [1.54, 1.807) is 0 Å². The molecule has 6 nitrogen and oxygen atoms in total. The van der Waals surface area contributed by atoms with Crippen LogP contribution in [-0.2, 0) is 11.3 Å². The molecule has 0 aliphatic heterocycles. The fourth-order valence-electron chi connectivity index (χ4n) is 3.74. The number of aryl methyl sites for hydroxylation is 1. The third-order valence-electron chi connectivity index (χ3n) is 5.47. The summed E-state index contributed by atoms with van der Waals surface area (Å²) in [5, 5.41) is 14.8. The maximum atomic E-state index is 12.1. The Morgan fingerprint density at radius 2 is 1.83 bits per heavy atom. The molecule has 1 aliphatic carbocycles. The zero-order chi connectivity index (χ0) is 20.8. The number of benzene rings is 2. The van der Waals surface area contributed by atoms with Crippen LogP contribution in [0.2, 0.25) is 0 Å². The zero-order valence-corrected chi connectivity index (χ0v) is 17.0. The molecule has 0 saturated heterocycles. The van der Waals surface area contributed by atoms with Crippen LogP contribution in [-0.4, -0.2) is 47.2 Å². The summed E-state index contributed by atoms with van der Waals surface area (Å²) in [7, 11) is 0. The highest BCUT2D eigenvalue weighted by Crippen LogP contribution is 2.25. The van der Waals surface area contributed by atoms with Gasteiger partial charge >= 0.3 is 12.0 Å². The van der Waals surface area contributed by atoms with E-state index in [1.807, 2.05) is 24.0 Å². The number of nitrogens with zero attached hydrogens (tertiary/aromatic N) is 1. The van der Waals surface area contributed by atoms with Crippen molar-refractivity contribution in [2.75, 3.05) is 13.1 Å². The molecule has 0 heterocycles. The quantitative estimate of drug-likeness (QED) is 0.640. The van der Waals surface area contributed by atoms with Crippen LogP contribution in [0.5, 0.6) is 0 Å². The average molecular weight is 396 g/mol. The monoisotopic (exact) mass is 395 g/mol. The van der Waals surface area contributed by atoms with Gasteiger partial charge < -0.3 is 15.7 Å². The number of carboxylic acids is 1. The van der Waals surface area contributed by atoms with E-state index in [0.29, 0.717) is 13.1 Å². The molecule has 0 unspecified atom stereocenters. The van der Waals surface area contributed by atoms with Crippen LogP contribution in [0.1, 0.15) is 30.9 Å². The fourth-order valence-corrected chi connectivity index (χ4v) is 3.74. The maximum Gasteiger partial charge on any atom is 0.317 e. The Kier molecular flexibility index (Phi) is 6.88. The van der Waals surface area contributed by atoms with Crippen LogP contribution in [0.3, 0.4) is 0 Å². The molecule has 6 heteroatoms. The number of nitrogens with one attached hydrogen (secondary N) is 2.